The molecule has 0 aliphatic carbocycles. The number of halogens is 1. The third-order valence-corrected chi connectivity index (χ3v) is 10.8. The molecule has 2 aromatic heterocycles. The van der Waals surface area contributed by atoms with Crippen molar-refractivity contribution in [2.75, 3.05) is 38.1 Å². The van der Waals surface area contributed by atoms with Crippen LogP contribution in [0.25, 0.3) is 11.1 Å². The van der Waals surface area contributed by atoms with Crippen molar-refractivity contribution in [2.24, 2.45) is 0 Å². The first-order valence-corrected chi connectivity index (χ1v) is 19.7. The molecule has 2 aromatic carbocycles. The Balaban J connectivity index is 0.000000343. The smallest absolute Gasteiger partial charge is 0.399 e. The van der Waals surface area contributed by atoms with E-state index in [0.717, 1.165) is 26.4 Å². The summed E-state index contributed by atoms with van der Waals surface area (Å²) in [7, 11) is -4.97. The monoisotopic (exact) mass is 732 g/mol. The number of anilines is 2. The fraction of sp³-hybridized carbons (Fsp3) is 0.375. The molecule has 4 aromatic rings. The van der Waals surface area contributed by atoms with Gasteiger partial charge < -0.3 is 29.9 Å². The molecule has 0 atom stereocenters. The van der Waals surface area contributed by atoms with Gasteiger partial charge in [-0.2, -0.15) is 0 Å². The van der Waals surface area contributed by atoms with Gasteiger partial charge in [-0.15, -0.1) is 0 Å². The normalized spacial score (nSPS) is 14.8. The second kappa shape index (κ2) is 16.3. The summed E-state index contributed by atoms with van der Waals surface area (Å²) in [4.78, 5) is 15.8. The third-order valence-electron chi connectivity index (χ3n) is 7.18. The van der Waals surface area contributed by atoms with Gasteiger partial charge in [0.15, 0.2) is 0 Å². The van der Waals surface area contributed by atoms with Crippen molar-refractivity contribution >= 4 is 64.8 Å². The molecule has 0 radical (unpaired) electrons. The van der Waals surface area contributed by atoms with E-state index in [1.807, 2.05) is 52.0 Å². The van der Waals surface area contributed by atoms with E-state index in [1.54, 1.807) is 63.6 Å². The number of aromatic nitrogens is 4. The molecule has 0 unspecified atom stereocenters. The van der Waals surface area contributed by atoms with Crippen LogP contribution in [0.1, 0.15) is 42.5 Å². The molecule has 0 spiro atoms. The lowest BCUT2D eigenvalue weighted by molar-refractivity contribution is 0.00578. The number of rotatable bonds is 4. The van der Waals surface area contributed by atoms with Gasteiger partial charge in [-0.1, -0.05) is 36.8 Å². The second-order valence-electron chi connectivity index (χ2n) is 12.1. The van der Waals surface area contributed by atoms with E-state index < -0.39 is 14.3 Å². The van der Waals surface area contributed by atoms with E-state index >= 15 is 0 Å². The van der Waals surface area contributed by atoms with Crippen LogP contribution in [-0.4, -0.2) is 64.9 Å². The maximum absolute atomic E-state index is 12.1. The molecular formula is C32H48BBrN6O4P2. The molecule has 250 valence electrons. The predicted octanol–water partition coefficient (Wildman–Crippen LogP) is 6.30. The summed E-state index contributed by atoms with van der Waals surface area (Å²) in [6.45, 7) is 14.9. The van der Waals surface area contributed by atoms with E-state index in [9.17, 15) is 9.13 Å². The zero-order valence-corrected chi connectivity index (χ0v) is 29.7. The van der Waals surface area contributed by atoms with Crippen LogP contribution in [0, 0.1) is 0 Å². The van der Waals surface area contributed by atoms with Crippen molar-refractivity contribution in [2.45, 2.75) is 53.8 Å². The first kappa shape index (κ1) is 41.1. The van der Waals surface area contributed by atoms with E-state index in [0.29, 0.717) is 16.7 Å². The summed E-state index contributed by atoms with van der Waals surface area (Å²) in [5.41, 5.74) is 14.8. The molecule has 3 heterocycles. The number of hydrogen-bond acceptors (Lipinski definition) is 10. The largest absolute Gasteiger partial charge is 0.498 e. The zero-order chi connectivity index (χ0) is 32.9. The number of benzene rings is 2. The molecule has 5 rings (SSSR count). The Morgan fingerprint density at radius 2 is 1.09 bits per heavy atom. The summed E-state index contributed by atoms with van der Waals surface area (Å²) in [5.74, 6) is 0. The minimum Gasteiger partial charge on any atom is -0.399 e. The maximum Gasteiger partial charge on any atom is 0.498 e. The summed E-state index contributed by atoms with van der Waals surface area (Å²) >= 11 is 3.31. The molecule has 0 saturated carbocycles. The molecule has 1 aliphatic heterocycles. The molecule has 0 amide bonds. The van der Waals surface area contributed by atoms with Crippen molar-refractivity contribution in [3.63, 3.8) is 0 Å². The minimum absolute atomic E-state index is 0. The minimum atomic E-state index is -2.37. The average Bonchev–Trinajstić information content (AvgIpc) is 3.17. The van der Waals surface area contributed by atoms with Crippen LogP contribution < -0.4 is 27.5 Å². The Morgan fingerprint density at radius 1 is 0.674 bits per heavy atom. The highest BCUT2D eigenvalue weighted by atomic mass is 79.9. The van der Waals surface area contributed by atoms with E-state index in [-0.39, 0.29) is 33.2 Å². The molecule has 14 heteroatoms. The van der Waals surface area contributed by atoms with Gasteiger partial charge in [0.1, 0.15) is 26.9 Å². The number of nitrogens with two attached hydrogens (primary N) is 2. The van der Waals surface area contributed by atoms with Crippen LogP contribution in [0.3, 0.4) is 0 Å². The quantitative estimate of drug-likeness (QED) is 0.139. The molecule has 1 aliphatic rings. The number of nitrogen functional groups attached to an aromatic ring is 2. The van der Waals surface area contributed by atoms with Crippen molar-refractivity contribution in [3.05, 3.63) is 78.3 Å². The van der Waals surface area contributed by atoms with Gasteiger partial charge in [-0.3, -0.25) is 0 Å². The van der Waals surface area contributed by atoms with Crippen LogP contribution in [0.15, 0.2) is 78.3 Å². The zero-order valence-electron chi connectivity index (χ0n) is 26.4. The highest BCUT2D eigenvalue weighted by Crippen LogP contribution is 2.39. The molecule has 4 N–H and O–H groups in total. The standard InChI is InChI=1S/C12H14N3OP.C10H15BN2O2.C8H11BrNOP.2CH4/c1-17(2,16)12-5-9(3-4-11(12)13)10-6-14-8-15-7-10;1-9(2)10(3,4)15-11(14-9)8-5-12-7-13-6-8;1-12(2,11)8-5-6(9)3-4-7(8)10;;/h3-8H,13H2,1-2H3;5-7H,1-4H3;3-5H,10H2,1-2H3;2*1H4. The van der Waals surface area contributed by atoms with Gasteiger partial charge in [0.05, 0.1) is 11.2 Å². The predicted molar refractivity (Wildman–Crippen MR) is 200 cm³/mol. The highest BCUT2D eigenvalue weighted by Gasteiger charge is 2.51. The maximum atomic E-state index is 12.1. The first-order chi connectivity index (χ1) is 20.3. The average molecular weight is 733 g/mol. The topological polar surface area (TPSA) is 156 Å². The Bertz CT molecular complexity index is 1650. The molecule has 0 bridgehead atoms. The molecule has 46 heavy (non-hydrogen) atoms. The van der Waals surface area contributed by atoms with Gasteiger partial charge in [-0.25, -0.2) is 19.9 Å². The summed E-state index contributed by atoms with van der Waals surface area (Å²) in [6, 6.07) is 10.9. The summed E-state index contributed by atoms with van der Waals surface area (Å²) < 4.78 is 36.4. The third kappa shape index (κ3) is 10.8. The van der Waals surface area contributed by atoms with Gasteiger partial charge in [0.25, 0.3) is 0 Å². The van der Waals surface area contributed by atoms with Gasteiger partial charge in [0.2, 0.25) is 0 Å². The van der Waals surface area contributed by atoms with Crippen LogP contribution in [-0.2, 0) is 18.4 Å². The van der Waals surface area contributed by atoms with Crippen molar-refractivity contribution in [1.82, 2.24) is 19.9 Å². The SMILES string of the molecule is C.C.CC1(C)OB(c2cncnc2)OC1(C)C.CP(C)(=O)c1cc(-c2cncnc2)ccc1N.CP(C)(=O)c1cc(Br)ccc1N. The van der Waals surface area contributed by atoms with Gasteiger partial charge in [0, 0.05) is 62.3 Å². The Hall–Kier alpha value is -2.88. The van der Waals surface area contributed by atoms with E-state index in [1.165, 1.54) is 12.7 Å². The van der Waals surface area contributed by atoms with E-state index in [2.05, 4.69) is 35.9 Å². The summed E-state index contributed by atoms with van der Waals surface area (Å²) in [6.07, 6.45) is 9.85. The molecule has 10 nitrogen and oxygen atoms in total. The van der Waals surface area contributed by atoms with Gasteiger partial charge >= 0.3 is 7.12 Å². The molecule has 1 fully saturated rings. The fourth-order valence-electron chi connectivity index (χ4n) is 4.03. The van der Waals surface area contributed by atoms with Crippen LogP contribution in [0.5, 0.6) is 0 Å². The highest BCUT2D eigenvalue weighted by molar-refractivity contribution is 9.10. The molecular weight excluding hydrogens is 685 g/mol. The van der Waals surface area contributed by atoms with Crippen LogP contribution >= 0.6 is 30.2 Å². The Labute approximate surface area is 283 Å². The van der Waals surface area contributed by atoms with Crippen molar-refractivity contribution in [1.29, 1.82) is 0 Å². The summed E-state index contributed by atoms with van der Waals surface area (Å²) in [5, 5.41) is 1.45. The fourth-order valence-corrected chi connectivity index (χ4v) is 6.86. The van der Waals surface area contributed by atoms with E-state index in [4.69, 9.17) is 20.8 Å². The van der Waals surface area contributed by atoms with Crippen LogP contribution in [0.4, 0.5) is 11.4 Å². The Morgan fingerprint density at radius 3 is 1.52 bits per heavy atom. The number of hydrogen-bond donors (Lipinski definition) is 2. The lowest BCUT2D eigenvalue weighted by Gasteiger charge is -2.32. The van der Waals surface area contributed by atoms with Crippen LogP contribution in [0.2, 0.25) is 0 Å². The molecule has 1 saturated heterocycles. The van der Waals surface area contributed by atoms with Crippen molar-refractivity contribution < 1.29 is 18.4 Å². The second-order valence-corrected chi connectivity index (χ2v) is 19.3. The number of nitrogens with zero attached hydrogens (tertiary/aromatic N) is 4. The van der Waals surface area contributed by atoms with Crippen molar-refractivity contribution in [3.8, 4) is 11.1 Å². The van der Waals surface area contributed by atoms with Gasteiger partial charge in [-0.05, 0) is 90.2 Å². The lowest BCUT2D eigenvalue weighted by atomic mass is 9.81. The first-order valence-electron chi connectivity index (χ1n) is 13.7. The lowest BCUT2D eigenvalue weighted by Crippen LogP contribution is -2.41. The Kier molecular flexibility index (Phi) is 14.6.